The first-order valence-electron chi connectivity index (χ1n) is 12.7. The molecule has 0 bridgehead atoms. The number of halogens is 1. The van der Waals surface area contributed by atoms with Gasteiger partial charge in [-0.05, 0) is 61.4 Å². The van der Waals surface area contributed by atoms with E-state index in [1.807, 2.05) is 68.4 Å². The number of aryl methyl sites for hydroxylation is 2. The van der Waals surface area contributed by atoms with Crippen molar-refractivity contribution >= 4 is 68.1 Å². The van der Waals surface area contributed by atoms with Gasteiger partial charge in [-0.2, -0.15) is 0 Å². The molecule has 7 nitrogen and oxygen atoms in total. The van der Waals surface area contributed by atoms with Gasteiger partial charge in [0.1, 0.15) is 11.8 Å². The zero-order valence-electron chi connectivity index (χ0n) is 21.6. The number of aromatic nitrogens is 1. The summed E-state index contributed by atoms with van der Waals surface area (Å²) in [5, 5.41) is 2.69. The molecule has 0 saturated carbocycles. The largest absolute Gasteiger partial charge is 0.325 e. The van der Waals surface area contributed by atoms with E-state index in [9.17, 15) is 19.2 Å². The molecule has 3 atom stereocenters. The number of thiazole rings is 1. The van der Waals surface area contributed by atoms with Crippen LogP contribution in [0.25, 0.3) is 0 Å². The van der Waals surface area contributed by atoms with E-state index < -0.39 is 17.1 Å². The second-order valence-electron chi connectivity index (χ2n) is 9.99. The number of nitrogens with zero attached hydrogens (tertiary/aromatic N) is 2. The molecule has 10 heteroatoms. The van der Waals surface area contributed by atoms with E-state index in [0.717, 1.165) is 32.5 Å². The van der Waals surface area contributed by atoms with E-state index >= 15 is 0 Å². The van der Waals surface area contributed by atoms with Crippen LogP contribution in [0, 0.1) is 19.8 Å². The van der Waals surface area contributed by atoms with Crippen LogP contribution in [0.3, 0.4) is 0 Å². The first-order chi connectivity index (χ1) is 19.2. The van der Waals surface area contributed by atoms with Crippen molar-refractivity contribution in [1.29, 1.82) is 0 Å². The van der Waals surface area contributed by atoms with Gasteiger partial charge in [0.15, 0.2) is 0 Å². The Bertz CT molecular complexity index is 1730. The summed E-state index contributed by atoms with van der Waals surface area (Å²) in [5.74, 6) is -2.14. The lowest BCUT2D eigenvalue weighted by Gasteiger charge is -2.30. The third kappa shape index (κ3) is 4.74. The van der Waals surface area contributed by atoms with E-state index in [1.165, 1.54) is 21.2 Å². The molecule has 1 aromatic heterocycles. The molecule has 0 radical (unpaired) electrons. The molecule has 2 aliphatic rings. The van der Waals surface area contributed by atoms with Crippen molar-refractivity contribution in [2.45, 2.75) is 36.6 Å². The first kappa shape index (κ1) is 26.7. The van der Waals surface area contributed by atoms with E-state index in [0.29, 0.717) is 21.3 Å². The highest BCUT2D eigenvalue weighted by Crippen LogP contribution is 2.54. The maximum absolute atomic E-state index is 13.9. The highest BCUT2D eigenvalue weighted by molar-refractivity contribution is 9.10. The van der Waals surface area contributed by atoms with Crippen molar-refractivity contribution in [1.82, 2.24) is 4.57 Å². The molecule has 0 spiro atoms. The van der Waals surface area contributed by atoms with Crippen LogP contribution in [0.5, 0.6) is 0 Å². The Kier molecular flexibility index (Phi) is 7.02. The summed E-state index contributed by atoms with van der Waals surface area (Å²) >= 11 is 5.78. The molecule has 1 fully saturated rings. The van der Waals surface area contributed by atoms with Crippen molar-refractivity contribution in [2.24, 2.45) is 5.92 Å². The fraction of sp³-hybridized carbons (Fsp3) is 0.200. The van der Waals surface area contributed by atoms with Crippen molar-refractivity contribution in [2.75, 3.05) is 10.2 Å². The number of hydrogen-bond donors (Lipinski definition) is 1. The lowest BCUT2D eigenvalue weighted by Crippen LogP contribution is -2.33. The monoisotopic (exact) mass is 633 g/mol. The first-order valence-corrected chi connectivity index (χ1v) is 15.2. The van der Waals surface area contributed by atoms with Gasteiger partial charge in [0.25, 0.3) is 0 Å². The average Bonchev–Trinajstić information content (AvgIpc) is 3.35. The Morgan fingerprint density at radius 1 is 0.925 bits per heavy atom. The van der Waals surface area contributed by atoms with Gasteiger partial charge in [-0.15, -0.1) is 0 Å². The zero-order valence-corrected chi connectivity index (χ0v) is 24.8. The topological polar surface area (TPSA) is 88.5 Å². The van der Waals surface area contributed by atoms with Gasteiger partial charge in [-0.3, -0.25) is 23.7 Å². The number of benzene rings is 3. The molecule has 2 aliphatic heterocycles. The van der Waals surface area contributed by atoms with Gasteiger partial charge < -0.3 is 5.32 Å². The number of fused-ring (bicyclic) bond motifs is 2. The van der Waals surface area contributed by atoms with Crippen LogP contribution in [-0.4, -0.2) is 27.5 Å². The number of carbonyl (C=O) groups excluding carboxylic acids is 3. The summed E-state index contributed by atoms with van der Waals surface area (Å²) in [6.07, 6.45) is 0. The van der Waals surface area contributed by atoms with Gasteiger partial charge in [-0.1, -0.05) is 81.0 Å². The molecule has 202 valence electrons. The number of carbonyl (C=O) groups is 3. The minimum atomic E-state index is -0.731. The highest BCUT2D eigenvalue weighted by Gasteiger charge is 2.56. The number of amides is 3. The smallest absolute Gasteiger partial charge is 0.308 e. The molecule has 4 aromatic rings. The van der Waals surface area contributed by atoms with Crippen LogP contribution in [0.2, 0.25) is 0 Å². The van der Waals surface area contributed by atoms with E-state index in [2.05, 4.69) is 21.2 Å². The maximum Gasteiger partial charge on any atom is 0.308 e. The number of nitrogens with one attached hydrogen (secondary N) is 1. The molecular weight excluding hydrogens is 610 g/mol. The number of anilines is 2. The standard InChI is InChI=1S/C30H24BrN3O4S2/c1-16-9-11-21(12-10-16)34-27(36)24-23(18-6-4-7-19(31)14-18)26-29(39-25(24)28(34)37)33(30(38)40-26)15-22(35)32-20-8-3-5-17(2)13-20/h3-14,23-25H,15H2,1-2H3,(H,32,35). The van der Waals surface area contributed by atoms with Crippen LogP contribution < -0.4 is 15.1 Å². The van der Waals surface area contributed by atoms with Crippen LogP contribution in [-0.2, 0) is 20.9 Å². The van der Waals surface area contributed by atoms with Gasteiger partial charge >= 0.3 is 4.87 Å². The molecule has 3 heterocycles. The normalized spacial score (nSPS) is 19.9. The lowest BCUT2D eigenvalue weighted by molar-refractivity contribution is -0.122. The Morgan fingerprint density at radius 2 is 1.68 bits per heavy atom. The quantitative estimate of drug-likeness (QED) is 0.284. The van der Waals surface area contributed by atoms with Crippen molar-refractivity contribution in [3.05, 3.63) is 109 Å². The van der Waals surface area contributed by atoms with Crippen LogP contribution >= 0.6 is 39.0 Å². The molecular formula is C30H24BrN3O4S2. The van der Waals surface area contributed by atoms with E-state index in [4.69, 9.17) is 0 Å². The van der Waals surface area contributed by atoms with Gasteiger partial charge in [0.2, 0.25) is 17.7 Å². The second kappa shape index (κ2) is 10.5. The molecule has 3 aromatic carbocycles. The summed E-state index contributed by atoms with van der Waals surface area (Å²) < 4.78 is 2.27. The Balaban J connectivity index is 1.41. The summed E-state index contributed by atoms with van der Waals surface area (Å²) in [7, 11) is 0. The third-order valence-electron chi connectivity index (χ3n) is 7.15. The van der Waals surface area contributed by atoms with Crippen LogP contribution in [0.15, 0.2) is 87.1 Å². The lowest BCUT2D eigenvalue weighted by atomic mass is 9.83. The van der Waals surface area contributed by atoms with E-state index in [1.54, 1.807) is 18.2 Å². The molecule has 3 unspecified atom stereocenters. The number of hydrogen-bond acceptors (Lipinski definition) is 6. The summed E-state index contributed by atoms with van der Waals surface area (Å²) in [6.45, 7) is 3.69. The third-order valence-corrected chi connectivity index (χ3v) is 10.2. The van der Waals surface area contributed by atoms with Crippen molar-refractivity contribution in [3.63, 3.8) is 0 Å². The molecule has 1 N–H and O–H groups in total. The molecule has 6 rings (SSSR count). The Hall–Kier alpha value is -3.47. The average molecular weight is 635 g/mol. The van der Waals surface area contributed by atoms with Crippen LogP contribution in [0.4, 0.5) is 11.4 Å². The number of imide groups is 1. The summed E-state index contributed by atoms with van der Waals surface area (Å²) in [6, 6.07) is 22.4. The minimum absolute atomic E-state index is 0.196. The summed E-state index contributed by atoms with van der Waals surface area (Å²) in [5.41, 5.74) is 4.03. The van der Waals surface area contributed by atoms with Gasteiger partial charge in [0.05, 0.1) is 16.6 Å². The van der Waals surface area contributed by atoms with Gasteiger partial charge in [-0.25, -0.2) is 4.90 Å². The molecule has 3 amide bonds. The second-order valence-corrected chi connectivity index (χ2v) is 13.0. The predicted octanol–water partition coefficient (Wildman–Crippen LogP) is 5.72. The van der Waals surface area contributed by atoms with E-state index in [-0.39, 0.29) is 29.1 Å². The minimum Gasteiger partial charge on any atom is -0.325 e. The Morgan fingerprint density at radius 3 is 2.40 bits per heavy atom. The number of thioether (sulfide) groups is 1. The highest BCUT2D eigenvalue weighted by atomic mass is 79.9. The fourth-order valence-corrected chi connectivity index (χ4v) is 8.52. The van der Waals surface area contributed by atoms with Gasteiger partial charge in [0, 0.05) is 21.0 Å². The maximum atomic E-state index is 13.9. The Labute approximate surface area is 247 Å². The van der Waals surface area contributed by atoms with Crippen molar-refractivity contribution < 1.29 is 14.4 Å². The SMILES string of the molecule is Cc1ccc(N2C(=O)C3Sc4c(sc(=O)n4CC(=O)Nc4cccc(C)c4)C(c4cccc(Br)c4)C3C2=O)cc1. The number of rotatable bonds is 5. The summed E-state index contributed by atoms with van der Waals surface area (Å²) in [4.78, 5) is 55.8. The fourth-order valence-electron chi connectivity index (χ4n) is 5.33. The van der Waals surface area contributed by atoms with Crippen molar-refractivity contribution in [3.8, 4) is 0 Å². The zero-order chi connectivity index (χ0) is 28.1. The molecule has 40 heavy (non-hydrogen) atoms. The molecule has 1 saturated heterocycles. The predicted molar refractivity (Wildman–Crippen MR) is 161 cm³/mol. The van der Waals surface area contributed by atoms with Crippen LogP contribution in [0.1, 0.15) is 27.5 Å². The molecule has 0 aliphatic carbocycles.